The molecule has 1 unspecified atom stereocenters. The number of methoxy groups -OCH3 is 2. The molecule has 2 heterocycles. The Bertz CT molecular complexity index is 1220. The van der Waals surface area contributed by atoms with Crippen molar-refractivity contribution in [3.63, 3.8) is 0 Å². The molecule has 0 saturated carbocycles. The van der Waals surface area contributed by atoms with E-state index in [1.807, 2.05) is 6.07 Å². The largest absolute Gasteiger partial charge is 0.493 e. The quantitative estimate of drug-likeness (QED) is 0.693. The fourth-order valence-electron chi connectivity index (χ4n) is 3.76. The number of hydrogen-bond acceptors (Lipinski definition) is 6. The number of carbonyl (C=O) groups is 2. The highest BCUT2D eigenvalue weighted by molar-refractivity contribution is 7.12. The molecule has 3 aromatic rings. The number of amides is 2. The molecule has 0 radical (unpaired) electrons. The van der Waals surface area contributed by atoms with Crippen molar-refractivity contribution >= 4 is 33.9 Å². The third-order valence-corrected chi connectivity index (χ3v) is 6.22. The van der Waals surface area contributed by atoms with Gasteiger partial charge in [0.15, 0.2) is 11.5 Å². The van der Waals surface area contributed by atoms with E-state index in [1.165, 1.54) is 19.1 Å². The molecule has 4 rings (SSSR count). The summed E-state index contributed by atoms with van der Waals surface area (Å²) in [6, 6.07) is 11.6. The Morgan fingerprint density at radius 1 is 1.07 bits per heavy atom. The van der Waals surface area contributed by atoms with E-state index in [0.29, 0.717) is 22.3 Å². The van der Waals surface area contributed by atoms with Crippen molar-refractivity contribution in [1.29, 1.82) is 0 Å². The van der Waals surface area contributed by atoms with E-state index in [-0.39, 0.29) is 22.6 Å². The highest BCUT2D eigenvalue weighted by atomic mass is 32.1. The molecule has 2 aromatic carbocycles. The molecule has 0 bridgehead atoms. The normalized spacial score (nSPS) is 15.5. The number of primary amides is 1. The average Bonchev–Trinajstić information content (AvgIpc) is 2.76. The first-order valence-corrected chi connectivity index (χ1v) is 10.1. The fraction of sp³-hybridized carbons (Fsp3) is 0.227. The molecule has 30 heavy (non-hydrogen) atoms. The third kappa shape index (κ3) is 3.39. The summed E-state index contributed by atoms with van der Waals surface area (Å²) in [6.45, 7) is 0.176. The maximum Gasteiger partial charge on any atom is 0.265 e. The SMILES string of the molecule is COc1cc2c(cc1OC)CN(C(=O)c1cc3ccccc3c(=O)s1)C(C(N)=O)C2. The summed E-state index contributed by atoms with van der Waals surface area (Å²) in [7, 11) is 3.07. The van der Waals surface area contributed by atoms with Crippen LogP contribution in [0.4, 0.5) is 0 Å². The van der Waals surface area contributed by atoms with Crippen molar-refractivity contribution in [2.45, 2.75) is 19.0 Å². The molecule has 7 nitrogen and oxygen atoms in total. The third-order valence-electron chi connectivity index (χ3n) is 5.31. The van der Waals surface area contributed by atoms with Gasteiger partial charge in [0.1, 0.15) is 6.04 Å². The van der Waals surface area contributed by atoms with Crippen LogP contribution in [-0.2, 0) is 17.8 Å². The smallest absolute Gasteiger partial charge is 0.265 e. The van der Waals surface area contributed by atoms with Gasteiger partial charge in [-0.25, -0.2) is 0 Å². The van der Waals surface area contributed by atoms with E-state index in [9.17, 15) is 14.4 Å². The van der Waals surface area contributed by atoms with Gasteiger partial charge in [-0.05, 0) is 40.8 Å². The van der Waals surface area contributed by atoms with Crippen LogP contribution in [-0.4, -0.2) is 37.0 Å². The summed E-state index contributed by atoms with van der Waals surface area (Å²) in [5, 5.41) is 1.25. The van der Waals surface area contributed by atoms with Crippen molar-refractivity contribution in [3.8, 4) is 11.5 Å². The molecule has 0 saturated heterocycles. The minimum Gasteiger partial charge on any atom is -0.493 e. The molecule has 0 aliphatic carbocycles. The predicted octanol–water partition coefficient (Wildman–Crippen LogP) is 2.33. The van der Waals surface area contributed by atoms with Crippen LogP contribution in [0.15, 0.2) is 47.3 Å². The van der Waals surface area contributed by atoms with Crippen LogP contribution in [0.1, 0.15) is 20.8 Å². The lowest BCUT2D eigenvalue weighted by Gasteiger charge is -2.35. The van der Waals surface area contributed by atoms with Crippen molar-refractivity contribution < 1.29 is 19.1 Å². The highest BCUT2D eigenvalue weighted by Crippen LogP contribution is 2.35. The topological polar surface area (TPSA) is 98.9 Å². The number of rotatable bonds is 4. The standard InChI is InChI=1S/C22H20N2O5S/c1-28-17-8-13-7-16(20(23)25)24(11-14(13)9-18(17)29-2)21(26)19-10-12-5-3-4-6-15(12)22(27)30-19/h3-6,8-10,16H,7,11H2,1-2H3,(H2,23,25). The van der Waals surface area contributed by atoms with Gasteiger partial charge in [-0.1, -0.05) is 29.5 Å². The molecule has 1 atom stereocenters. The van der Waals surface area contributed by atoms with Crippen molar-refractivity contribution in [2.75, 3.05) is 14.2 Å². The lowest BCUT2D eigenvalue weighted by Crippen LogP contribution is -2.51. The fourth-order valence-corrected chi connectivity index (χ4v) is 4.65. The molecule has 154 valence electrons. The summed E-state index contributed by atoms with van der Waals surface area (Å²) < 4.78 is 10.5. The van der Waals surface area contributed by atoms with Gasteiger partial charge in [0.25, 0.3) is 5.91 Å². The molecule has 8 heteroatoms. The van der Waals surface area contributed by atoms with Crippen molar-refractivity contribution in [3.05, 3.63) is 68.0 Å². The Labute approximate surface area is 176 Å². The van der Waals surface area contributed by atoms with Crippen LogP contribution in [0.25, 0.3) is 10.8 Å². The molecule has 1 aromatic heterocycles. The molecule has 1 aliphatic rings. The molecule has 2 N–H and O–H groups in total. The van der Waals surface area contributed by atoms with Crippen LogP contribution in [0, 0.1) is 0 Å². The first-order chi connectivity index (χ1) is 14.4. The predicted molar refractivity (Wildman–Crippen MR) is 114 cm³/mol. The molecular weight excluding hydrogens is 404 g/mol. The van der Waals surface area contributed by atoms with Crippen LogP contribution in [0.2, 0.25) is 0 Å². The maximum atomic E-state index is 13.3. The average molecular weight is 424 g/mol. The Morgan fingerprint density at radius 2 is 1.73 bits per heavy atom. The second-order valence-electron chi connectivity index (χ2n) is 7.02. The first kappa shape index (κ1) is 19.9. The minimum atomic E-state index is -0.822. The van der Waals surface area contributed by atoms with E-state index in [2.05, 4.69) is 0 Å². The summed E-state index contributed by atoms with van der Waals surface area (Å²) in [5.74, 6) is 0.0903. The second kappa shape index (κ2) is 7.79. The lowest BCUT2D eigenvalue weighted by atomic mass is 9.92. The first-order valence-electron chi connectivity index (χ1n) is 9.30. The van der Waals surface area contributed by atoms with Crippen molar-refractivity contribution in [1.82, 2.24) is 4.90 Å². The van der Waals surface area contributed by atoms with Gasteiger partial charge in [-0.15, -0.1) is 0 Å². The number of carbonyl (C=O) groups excluding carboxylic acids is 2. The van der Waals surface area contributed by atoms with E-state index in [4.69, 9.17) is 15.2 Å². The van der Waals surface area contributed by atoms with Gasteiger partial charge in [0, 0.05) is 18.4 Å². The van der Waals surface area contributed by atoms with Crippen molar-refractivity contribution in [2.24, 2.45) is 5.73 Å². The zero-order chi connectivity index (χ0) is 21.4. The maximum absolute atomic E-state index is 13.3. The van der Waals surface area contributed by atoms with Gasteiger partial charge in [-0.2, -0.15) is 0 Å². The summed E-state index contributed by atoms with van der Waals surface area (Å²) in [6.07, 6.45) is 0.263. The zero-order valence-corrected chi connectivity index (χ0v) is 17.3. The number of fused-ring (bicyclic) bond motifs is 2. The Hall–Kier alpha value is -3.39. The van der Waals surface area contributed by atoms with Crippen LogP contribution >= 0.6 is 11.3 Å². The Morgan fingerprint density at radius 3 is 2.40 bits per heavy atom. The van der Waals surface area contributed by atoms with Gasteiger partial charge in [0.05, 0.1) is 19.1 Å². The minimum absolute atomic E-state index is 0.176. The van der Waals surface area contributed by atoms with E-state index in [1.54, 1.807) is 36.4 Å². The molecule has 1 aliphatic heterocycles. The zero-order valence-electron chi connectivity index (χ0n) is 16.5. The number of nitrogens with two attached hydrogens (primary N) is 1. The summed E-state index contributed by atoms with van der Waals surface area (Å²) in [4.78, 5) is 39.7. The molecular formula is C22H20N2O5S. The molecule has 0 spiro atoms. The number of nitrogens with zero attached hydrogens (tertiary/aromatic N) is 1. The van der Waals surface area contributed by atoms with Crippen LogP contribution < -0.4 is 19.9 Å². The molecule has 0 fully saturated rings. The van der Waals surface area contributed by atoms with E-state index >= 15 is 0 Å². The Kier molecular flexibility index (Phi) is 5.17. The monoisotopic (exact) mass is 424 g/mol. The molecule has 2 amide bonds. The van der Waals surface area contributed by atoms with Crippen LogP contribution in [0.3, 0.4) is 0 Å². The van der Waals surface area contributed by atoms with Crippen LogP contribution in [0.5, 0.6) is 11.5 Å². The second-order valence-corrected chi connectivity index (χ2v) is 8.03. The number of hydrogen-bond donors (Lipinski definition) is 1. The van der Waals surface area contributed by atoms with E-state index in [0.717, 1.165) is 22.5 Å². The number of benzene rings is 2. The van der Waals surface area contributed by atoms with Gasteiger partial charge in [0.2, 0.25) is 10.6 Å². The van der Waals surface area contributed by atoms with E-state index < -0.39 is 17.9 Å². The van der Waals surface area contributed by atoms with Gasteiger partial charge >= 0.3 is 0 Å². The highest BCUT2D eigenvalue weighted by Gasteiger charge is 2.35. The number of ether oxygens (including phenoxy) is 2. The van der Waals surface area contributed by atoms with Gasteiger partial charge in [-0.3, -0.25) is 14.4 Å². The summed E-state index contributed by atoms with van der Waals surface area (Å²) >= 11 is 0.874. The lowest BCUT2D eigenvalue weighted by molar-refractivity contribution is -0.122. The Balaban J connectivity index is 1.77. The van der Waals surface area contributed by atoms with Gasteiger partial charge < -0.3 is 20.1 Å². The summed E-state index contributed by atoms with van der Waals surface area (Å²) in [5.41, 5.74) is 7.34.